The monoisotopic (exact) mass is 362 g/mol. The highest BCUT2D eigenvalue weighted by Gasteiger charge is 2.48. The lowest BCUT2D eigenvalue weighted by Gasteiger charge is -2.44. The topological polar surface area (TPSA) is 57.7 Å². The number of benzene rings is 1. The Morgan fingerprint density at radius 2 is 1.68 bits per heavy atom. The summed E-state index contributed by atoms with van der Waals surface area (Å²) >= 11 is 0. The molecule has 0 bridgehead atoms. The van der Waals surface area contributed by atoms with Gasteiger partial charge in [0.25, 0.3) is 5.91 Å². The van der Waals surface area contributed by atoms with Gasteiger partial charge in [-0.2, -0.15) is 0 Å². The van der Waals surface area contributed by atoms with Gasteiger partial charge in [-0.15, -0.1) is 0 Å². The third-order valence-electron chi connectivity index (χ3n) is 5.71. The zero-order chi connectivity index (χ0) is 17.8. The molecule has 1 aromatic carbocycles. The maximum Gasteiger partial charge on any atom is 0.254 e. The van der Waals surface area contributed by atoms with Crippen LogP contribution in [0.1, 0.15) is 34.3 Å². The highest BCUT2D eigenvalue weighted by molar-refractivity contribution is 7.91. The number of hydrogen-bond donors (Lipinski definition) is 0. The van der Waals surface area contributed by atoms with Gasteiger partial charge < -0.3 is 4.90 Å². The SMILES string of the molecule is Cc1cc(C)cc(C(=O)N2CCN(CC3CC3)C3CS(=O)(=O)CC32)c1. The molecule has 1 aromatic rings. The molecule has 4 rings (SSSR count). The molecular weight excluding hydrogens is 336 g/mol. The van der Waals surface area contributed by atoms with Crippen LogP contribution in [0.2, 0.25) is 0 Å². The molecule has 0 spiro atoms. The van der Waals surface area contributed by atoms with Crippen molar-refractivity contribution in [2.45, 2.75) is 38.8 Å². The van der Waals surface area contributed by atoms with Crippen molar-refractivity contribution in [1.29, 1.82) is 0 Å². The molecule has 2 saturated heterocycles. The Labute approximate surface area is 149 Å². The summed E-state index contributed by atoms with van der Waals surface area (Å²) in [5.74, 6) is 1.01. The Morgan fingerprint density at radius 3 is 2.32 bits per heavy atom. The van der Waals surface area contributed by atoms with Gasteiger partial charge in [0.15, 0.2) is 9.84 Å². The molecule has 5 nitrogen and oxygen atoms in total. The lowest BCUT2D eigenvalue weighted by molar-refractivity contribution is 0.0318. The molecule has 0 radical (unpaired) electrons. The summed E-state index contributed by atoms with van der Waals surface area (Å²) in [5.41, 5.74) is 2.80. The van der Waals surface area contributed by atoms with Gasteiger partial charge >= 0.3 is 0 Å². The molecule has 2 atom stereocenters. The number of aryl methyl sites for hydroxylation is 2. The minimum absolute atomic E-state index is 0.0232. The summed E-state index contributed by atoms with van der Waals surface area (Å²) in [6, 6.07) is 5.63. The Hall–Kier alpha value is -1.40. The first-order valence-corrected chi connectivity index (χ1v) is 11.0. The van der Waals surface area contributed by atoms with E-state index in [4.69, 9.17) is 0 Å². The van der Waals surface area contributed by atoms with Crippen LogP contribution in [-0.4, -0.2) is 67.3 Å². The minimum atomic E-state index is -3.08. The molecule has 0 aromatic heterocycles. The first kappa shape index (κ1) is 17.0. The molecule has 2 heterocycles. The van der Waals surface area contributed by atoms with Crippen molar-refractivity contribution in [2.75, 3.05) is 31.1 Å². The summed E-state index contributed by atoms with van der Waals surface area (Å²) in [5, 5.41) is 0. The second kappa shape index (κ2) is 6.09. The van der Waals surface area contributed by atoms with Crippen molar-refractivity contribution in [1.82, 2.24) is 9.80 Å². The van der Waals surface area contributed by atoms with Gasteiger partial charge in [0.1, 0.15) is 0 Å². The summed E-state index contributed by atoms with van der Waals surface area (Å²) in [7, 11) is -3.08. The molecule has 1 amide bonds. The number of carbonyl (C=O) groups is 1. The van der Waals surface area contributed by atoms with Gasteiger partial charge in [0.05, 0.1) is 17.5 Å². The average molecular weight is 362 g/mol. The summed E-state index contributed by atoms with van der Waals surface area (Å²) in [4.78, 5) is 17.3. The van der Waals surface area contributed by atoms with Crippen molar-refractivity contribution in [3.05, 3.63) is 34.9 Å². The van der Waals surface area contributed by atoms with Crippen molar-refractivity contribution in [2.24, 2.45) is 5.92 Å². The van der Waals surface area contributed by atoms with E-state index in [-0.39, 0.29) is 29.5 Å². The van der Waals surface area contributed by atoms with E-state index in [2.05, 4.69) is 4.90 Å². The number of rotatable bonds is 3. The maximum atomic E-state index is 13.1. The third-order valence-corrected chi connectivity index (χ3v) is 7.41. The second-order valence-corrected chi connectivity index (χ2v) is 10.2. The number of fused-ring (bicyclic) bond motifs is 1. The van der Waals surface area contributed by atoms with Crippen LogP contribution in [0.5, 0.6) is 0 Å². The van der Waals surface area contributed by atoms with Crippen LogP contribution in [0.15, 0.2) is 18.2 Å². The predicted octanol–water partition coefficient (Wildman–Crippen LogP) is 1.64. The lowest BCUT2D eigenvalue weighted by atomic mass is 10.0. The first-order valence-electron chi connectivity index (χ1n) is 9.16. The van der Waals surface area contributed by atoms with Crippen molar-refractivity contribution < 1.29 is 13.2 Å². The zero-order valence-electron chi connectivity index (χ0n) is 14.9. The number of nitrogens with zero attached hydrogens (tertiary/aromatic N) is 2. The number of hydrogen-bond acceptors (Lipinski definition) is 4. The molecule has 1 saturated carbocycles. The smallest absolute Gasteiger partial charge is 0.254 e. The largest absolute Gasteiger partial charge is 0.332 e. The van der Waals surface area contributed by atoms with Gasteiger partial charge in [0, 0.05) is 31.2 Å². The fourth-order valence-electron chi connectivity index (χ4n) is 4.40. The van der Waals surface area contributed by atoms with Crippen LogP contribution in [0.4, 0.5) is 0 Å². The molecule has 1 aliphatic carbocycles. The number of carbonyl (C=O) groups excluding carboxylic acids is 1. The molecule has 2 unspecified atom stereocenters. The Balaban J connectivity index is 1.60. The maximum absolute atomic E-state index is 13.1. The van der Waals surface area contributed by atoms with Gasteiger partial charge in [0.2, 0.25) is 0 Å². The van der Waals surface area contributed by atoms with Gasteiger partial charge in [-0.1, -0.05) is 17.2 Å². The first-order chi connectivity index (χ1) is 11.8. The van der Waals surface area contributed by atoms with Crippen LogP contribution in [-0.2, 0) is 9.84 Å². The summed E-state index contributed by atoms with van der Waals surface area (Å²) < 4.78 is 24.6. The number of sulfone groups is 1. The summed E-state index contributed by atoms with van der Waals surface area (Å²) in [6.45, 7) is 6.36. The number of piperazine rings is 1. The zero-order valence-corrected chi connectivity index (χ0v) is 15.8. The van der Waals surface area contributed by atoms with E-state index in [0.717, 1.165) is 30.1 Å². The predicted molar refractivity (Wildman–Crippen MR) is 97.5 cm³/mol. The van der Waals surface area contributed by atoms with E-state index in [0.29, 0.717) is 12.1 Å². The van der Waals surface area contributed by atoms with Gasteiger partial charge in [-0.25, -0.2) is 8.42 Å². The quantitative estimate of drug-likeness (QED) is 0.820. The van der Waals surface area contributed by atoms with Crippen LogP contribution < -0.4 is 0 Å². The van der Waals surface area contributed by atoms with Crippen LogP contribution in [0, 0.1) is 19.8 Å². The van der Waals surface area contributed by atoms with Crippen LogP contribution >= 0.6 is 0 Å². The van der Waals surface area contributed by atoms with Crippen molar-refractivity contribution in [3.8, 4) is 0 Å². The molecule has 3 fully saturated rings. The lowest BCUT2D eigenvalue weighted by Crippen LogP contribution is -2.60. The molecule has 25 heavy (non-hydrogen) atoms. The molecule has 136 valence electrons. The van der Waals surface area contributed by atoms with Crippen LogP contribution in [0.25, 0.3) is 0 Å². The Morgan fingerprint density at radius 1 is 1.04 bits per heavy atom. The highest BCUT2D eigenvalue weighted by atomic mass is 32.2. The Bertz CT molecular complexity index is 781. The van der Waals surface area contributed by atoms with E-state index >= 15 is 0 Å². The number of amides is 1. The van der Waals surface area contributed by atoms with E-state index in [9.17, 15) is 13.2 Å². The molecule has 6 heteroatoms. The second-order valence-electron chi connectivity index (χ2n) is 8.02. The Kier molecular flexibility index (Phi) is 4.15. The van der Waals surface area contributed by atoms with E-state index in [1.54, 1.807) is 0 Å². The normalized spacial score (nSPS) is 28.8. The van der Waals surface area contributed by atoms with Crippen molar-refractivity contribution in [3.63, 3.8) is 0 Å². The van der Waals surface area contributed by atoms with E-state index in [1.807, 2.05) is 36.9 Å². The minimum Gasteiger partial charge on any atom is -0.332 e. The molecule has 2 aliphatic heterocycles. The van der Waals surface area contributed by atoms with Crippen molar-refractivity contribution >= 4 is 15.7 Å². The molecule has 0 N–H and O–H groups in total. The third kappa shape index (κ3) is 3.47. The van der Waals surface area contributed by atoms with E-state index < -0.39 is 9.84 Å². The average Bonchev–Trinajstić information content (AvgIpc) is 3.26. The highest BCUT2D eigenvalue weighted by Crippen LogP contribution is 2.34. The molecular formula is C19H26N2O3S. The van der Waals surface area contributed by atoms with E-state index in [1.165, 1.54) is 12.8 Å². The fourth-order valence-corrected chi connectivity index (χ4v) is 6.41. The summed E-state index contributed by atoms with van der Waals surface area (Å²) in [6.07, 6.45) is 2.51. The van der Waals surface area contributed by atoms with Gasteiger partial charge in [-0.3, -0.25) is 9.69 Å². The standard InChI is InChI=1S/C19H26N2O3S/c1-13-7-14(2)9-16(8-13)19(22)21-6-5-20(10-15-3-4-15)17-11-25(23,24)12-18(17)21/h7-9,15,17-18H,3-6,10-12H2,1-2H3. The molecule has 3 aliphatic rings. The van der Waals surface area contributed by atoms with Gasteiger partial charge in [-0.05, 0) is 44.7 Å². The fraction of sp³-hybridized carbons (Fsp3) is 0.632. The van der Waals surface area contributed by atoms with Crippen LogP contribution in [0.3, 0.4) is 0 Å².